The smallest absolute Gasteiger partial charge is 0.206 e. The van der Waals surface area contributed by atoms with Gasteiger partial charge in [-0.15, -0.1) is 11.3 Å². The third-order valence-electron chi connectivity index (χ3n) is 3.46. The minimum absolute atomic E-state index is 0.468. The third-order valence-corrected chi connectivity index (χ3v) is 7.38. The van der Waals surface area contributed by atoms with Crippen molar-refractivity contribution in [2.24, 2.45) is 11.8 Å². The van der Waals surface area contributed by atoms with Gasteiger partial charge >= 0.3 is 0 Å². The highest BCUT2D eigenvalue weighted by molar-refractivity contribution is 9.11. The van der Waals surface area contributed by atoms with Crippen LogP contribution in [0.3, 0.4) is 0 Å². The van der Waals surface area contributed by atoms with E-state index in [0.29, 0.717) is 29.1 Å². The van der Waals surface area contributed by atoms with Crippen molar-refractivity contribution in [1.82, 2.24) is 4.31 Å². The van der Waals surface area contributed by atoms with E-state index in [0.717, 1.165) is 3.79 Å². The molecule has 2 aliphatic rings. The number of thiophene rings is 1. The van der Waals surface area contributed by atoms with Crippen LogP contribution < -0.4 is 0 Å². The van der Waals surface area contributed by atoms with Crippen LogP contribution in [0.15, 0.2) is 20.1 Å². The lowest BCUT2D eigenvalue weighted by atomic mass is 10.4. The topological polar surface area (TPSA) is 37.4 Å². The molecule has 1 aromatic heterocycles. The van der Waals surface area contributed by atoms with Crippen LogP contribution in [0.2, 0.25) is 0 Å². The predicted molar refractivity (Wildman–Crippen MR) is 76.2 cm³/mol. The zero-order valence-electron chi connectivity index (χ0n) is 10.0. The molecule has 0 atom stereocenters. The van der Waals surface area contributed by atoms with Gasteiger partial charge in [-0.2, -0.15) is 4.31 Å². The largest absolute Gasteiger partial charge is 0.252 e. The fourth-order valence-electron chi connectivity index (χ4n) is 2.01. The van der Waals surface area contributed by atoms with Crippen molar-refractivity contribution in [2.75, 3.05) is 13.1 Å². The van der Waals surface area contributed by atoms with Crippen LogP contribution in [0.1, 0.15) is 25.7 Å². The van der Waals surface area contributed by atoms with Crippen LogP contribution in [0.4, 0.5) is 0 Å². The summed E-state index contributed by atoms with van der Waals surface area (Å²) in [6, 6.07) is 3.51. The second-order valence-corrected chi connectivity index (χ2v) is 9.90. The van der Waals surface area contributed by atoms with Crippen molar-refractivity contribution < 1.29 is 8.42 Å². The fraction of sp³-hybridized carbons (Fsp3) is 0.667. The number of rotatable bonds is 6. The molecule has 0 radical (unpaired) electrons. The average Bonchev–Trinajstić information content (AvgIpc) is 3.21. The molecule has 0 unspecified atom stereocenters. The van der Waals surface area contributed by atoms with Crippen LogP contribution in [0.5, 0.6) is 0 Å². The van der Waals surface area contributed by atoms with Gasteiger partial charge in [0.05, 0.1) is 3.79 Å². The first-order valence-electron chi connectivity index (χ1n) is 6.31. The number of sulfonamides is 1. The Morgan fingerprint density at radius 1 is 1.17 bits per heavy atom. The quantitative estimate of drug-likeness (QED) is 0.789. The lowest BCUT2D eigenvalue weighted by molar-refractivity contribution is 0.383. The maximum absolute atomic E-state index is 12.6. The predicted octanol–water partition coefficient (Wildman–Crippen LogP) is 3.32. The van der Waals surface area contributed by atoms with E-state index in [2.05, 4.69) is 15.9 Å². The maximum atomic E-state index is 12.6. The van der Waals surface area contributed by atoms with Crippen molar-refractivity contribution in [1.29, 1.82) is 0 Å². The van der Waals surface area contributed by atoms with E-state index >= 15 is 0 Å². The van der Waals surface area contributed by atoms with Gasteiger partial charge < -0.3 is 0 Å². The molecule has 0 amide bonds. The van der Waals surface area contributed by atoms with E-state index in [1.807, 2.05) is 6.07 Å². The second kappa shape index (κ2) is 4.89. The Hall–Kier alpha value is 0.0900. The van der Waals surface area contributed by atoms with Gasteiger partial charge in [0, 0.05) is 13.1 Å². The maximum Gasteiger partial charge on any atom is 0.252 e. The molecule has 2 fully saturated rings. The van der Waals surface area contributed by atoms with Gasteiger partial charge in [0.25, 0.3) is 10.0 Å². The SMILES string of the molecule is O=S(=O)(c1ccc(Br)s1)N(CC1CC1)CC1CC1. The van der Waals surface area contributed by atoms with E-state index in [1.165, 1.54) is 37.0 Å². The molecule has 2 saturated carbocycles. The molecule has 0 bridgehead atoms. The van der Waals surface area contributed by atoms with Crippen molar-refractivity contribution in [3.8, 4) is 0 Å². The molecule has 0 aromatic carbocycles. The average molecular weight is 350 g/mol. The van der Waals surface area contributed by atoms with Crippen LogP contribution in [-0.2, 0) is 10.0 Å². The van der Waals surface area contributed by atoms with Gasteiger partial charge in [-0.1, -0.05) is 0 Å². The van der Waals surface area contributed by atoms with Gasteiger partial charge in [0.1, 0.15) is 4.21 Å². The summed E-state index contributed by atoms with van der Waals surface area (Å²) in [5, 5.41) is 0. The molecule has 6 heteroatoms. The molecule has 3 rings (SSSR count). The van der Waals surface area contributed by atoms with Crippen LogP contribution in [-0.4, -0.2) is 25.8 Å². The lowest BCUT2D eigenvalue weighted by Gasteiger charge is -2.21. The highest BCUT2D eigenvalue weighted by atomic mass is 79.9. The van der Waals surface area contributed by atoms with Crippen molar-refractivity contribution in [3.63, 3.8) is 0 Å². The molecule has 18 heavy (non-hydrogen) atoms. The Morgan fingerprint density at radius 3 is 2.11 bits per heavy atom. The number of nitrogens with zero attached hydrogens (tertiary/aromatic N) is 1. The van der Waals surface area contributed by atoms with E-state index in [-0.39, 0.29) is 0 Å². The summed E-state index contributed by atoms with van der Waals surface area (Å²) >= 11 is 4.64. The molecule has 1 heterocycles. The third kappa shape index (κ3) is 2.98. The zero-order valence-corrected chi connectivity index (χ0v) is 13.2. The molecular formula is C12H16BrNO2S2. The highest BCUT2D eigenvalue weighted by Crippen LogP contribution is 2.37. The first-order valence-corrected chi connectivity index (χ1v) is 9.36. The van der Waals surface area contributed by atoms with Crippen LogP contribution in [0, 0.1) is 11.8 Å². The van der Waals surface area contributed by atoms with Crippen LogP contribution in [0.25, 0.3) is 0 Å². The summed E-state index contributed by atoms with van der Waals surface area (Å²) in [5.74, 6) is 1.20. The summed E-state index contributed by atoms with van der Waals surface area (Å²) in [7, 11) is -3.27. The highest BCUT2D eigenvalue weighted by Gasteiger charge is 2.36. The molecule has 2 aliphatic carbocycles. The minimum atomic E-state index is -3.27. The Bertz CT molecular complexity index is 518. The molecule has 100 valence electrons. The van der Waals surface area contributed by atoms with E-state index in [9.17, 15) is 8.42 Å². The Balaban J connectivity index is 1.81. The van der Waals surface area contributed by atoms with Gasteiger partial charge in [-0.25, -0.2) is 8.42 Å². The number of halogens is 1. The lowest BCUT2D eigenvalue weighted by Crippen LogP contribution is -2.34. The summed E-state index contributed by atoms with van der Waals surface area (Å²) in [4.78, 5) is 0. The fourth-order valence-corrected chi connectivity index (χ4v) is 5.77. The molecule has 0 spiro atoms. The standard InChI is InChI=1S/C12H16BrNO2S2/c13-11-5-6-12(17-11)18(15,16)14(7-9-1-2-9)8-10-3-4-10/h5-6,9-10H,1-4,7-8H2. The summed E-state index contributed by atoms with van der Waals surface area (Å²) in [6.07, 6.45) is 4.74. The summed E-state index contributed by atoms with van der Waals surface area (Å²) < 4.78 is 28.2. The molecule has 0 aliphatic heterocycles. The van der Waals surface area contributed by atoms with Gasteiger partial charge in [-0.3, -0.25) is 0 Å². The van der Waals surface area contributed by atoms with E-state index < -0.39 is 10.0 Å². The Kier molecular flexibility index (Phi) is 3.55. The Labute approximate surface area is 120 Å². The Morgan fingerprint density at radius 2 is 1.72 bits per heavy atom. The van der Waals surface area contributed by atoms with Crippen LogP contribution >= 0.6 is 27.3 Å². The molecular weight excluding hydrogens is 334 g/mol. The van der Waals surface area contributed by atoms with Crippen molar-refractivity contribution in [2.45, 2.75) is 29.9 Å². The van der Waals surface area contributed by atoms with E-state index in [1.54, 1.807) is 10.4 Å². The second-order valence-electron chi connectivity index (χ2n) is 5.27. The van der Waals surface area contributed by atoms with Gasteiger partial charge in [0.2, 0.25) is 0 Å². The molecule has 0 N–H and O–H groups in total. The number of hydrogen-bond acceptors (Lipinski definition) is 3. The molecule has 0 saturated heterocycles. The summed E-state index contributed by atoms with van der Waals surface area (Å²) in [5.41, 5.74) is 0. The van der Waals surface area contributed by atoms with Gasteiger partial charge in [-0.05, 0) is 65.6 Å². The normalized spacial score (nSPS) is 20.6. The number of hydrogen-bond donors (Lipinski definition) is 0. The monoisotopic (exact) mass is 349 g/mol. The first-order chi connectivity index (χ1) is 8.55. The molecule has 3 nitrogen and oxygen atoms in total. The van der Waals surface area contributed by atoms with Gasteiger partial charge in [0.15, 0.2) is 0 Å². The first kappa shape index (κ1) is 13.1. The summed E-state index contributed by atoms with van der Waals surface area (Å²) in [6.45, 7) is 1.43. The van der Waals surface area contributed by atoms with Crippen molar-refractivity contribution in [3.05, 3.63) is 15.9 Å². The zero-order chi connectivity index (χ0) is 12.8. The van der Waals surface area contributed by atoms with Crippen molar-refractivity contribution >= 4 is 37.3 Å². The minimum Gasteiger partial charge on any atom is -0.206 e. The van der Waals surface area contributed by atoms with E-state index in [4.69, 9.17) is 0 Å². The molecule has 1 aromatic rings.